The van der Waals surface area contributed by atoms with Crippen molar-refractivity contribution < 1.29 is 4.42 Å². The number of halogens is 1. The molecule has 1 N–H and O–H groups in total. The van der Waals surface area contributed by atoms with E-state index in [1.165, 1.54) is 16.7 Å². The molecule has 25 heavy (non-hydrogen) atoms. The molecule has 2 aromatic carbocycles. The number of benzene rings is 2. The molecular weight excluding hydrogens is 330 g/mol. The lowest BCUT2D eigenvalue weighted by atomic mass is 9.92. The molecule has 0 fully saturated rings. The van der Waals surface area contributed by atoms with Crippen LogP contribution in [0.25, 0.3) is 0 Å². The van der Waals surface area contributed by atoms with Gasteiger partial charge in [0.2, 0.25) is 0 Å². The normalized spacial score (nSPS) is 13.6. The van der Waals surface area contributed by atoms with Gasteiger partial charge in [-0.05, 0) is 62.2 Å². The van der Waals surface area contributed by atoms with Crippen LogP contribution >= 0.6 is 11.6 Å². The van der Waals surface area contributed by atoms with Gasteiger partial charge in [-0.1, -0.05) is 53.6 Å². The highest BCUT2D eigenvalue weighted by atomic mass is 35.5. The van der Waals surface area contributed by atoms with Gasteiger partial charge in [0, 0.05) is 17.0 Å². The fourth-order valence-electron chi connectivity index (χ4n) is 3.07. The summed E-state index contributed by atoms with van der Waals surface area (Å²) in [6.07, 6.45) is 2.73. The fraction of sp³-hybridized carbons (Fsp3) is 0.273. The van der Waals surface area contributed by atoms with Gasteiger partial charge in [0.15, 0.2) is 0 Å². The summed E-state index contributed by atoms with van der Waals surface area (Å²) >= 11 is 5.97. The zero-order valence-corrected chi connectivity index (χ0v) is 15.5. The average Bonchev–Trinajstić information content (AvgIpc) is 3.14. The highest BCUT2D eigenvalue weighted by Gasteiger charge is 2.17. The quantitative estimate of drug-likeness (QED) is 0.554. The molecule has 0 radical (unpaired) electrons. The Bertz CT molecular complexity index is 763. The third-order valence-electron chi connectivity index (χ3n) is 4.62. The number of furan rings is 1. The van der Waals surface area contributed by atoms with Crippen molar-refractivity contribution in [2.75, 3.05) is 6.54 Å². The van der Waals surface area contributed by atoms with E-state index < -0.39 is 0 Å². The number of aryl methyl sites for hydroxylation is 1. The summed E-state index contributed by atoms with van der Waals surface area (Å²) in [5, 5.41) is 4.38. The first kappa shape index (κ1) is 17.8. The van der Waals surface area contributed by atoms with Gasteiger partial charge in [-0.2, -0.15) is 0 Å². The lowest BCUT2D eigenvalue weighted by Crippen LogP contribution is -2.21. The molecule has 0 saturated heterocycles. The predicted molar refractivity (Wildman–Crippen MR) is 104 cm³/mol. The van der Waals surface area contributed by atoms with Crippen molar-refractivity contribution in [1.82, 2.24) is 5.32 Å². The highest BCUT2D eigenvalue weighted by Crippen LogP contribution is 2.28. The number of hydrogen-bond acceptors (Lipinski definition) is 2. The standard InChI is InChI=1S/C22H24ClNO/c1-16-5-7-19(8-6-16)21(22-4-3-15-25-22)13-14-24-17(2)18-9-11-20(23)12-10-18/h3-12,15,17,21,24H,13-14H2,1-2H3/t17-,21+/m1/s1. The van der Waals surface area contributed by atoms with Crippen LogP contribution in [0.5, 0.6) is 0 Å². The van der Waals surface area contributed by atoms with Crippen LogP contribution in [0, 0.1) is 6.92 Å². The van der Waals surface area contributed by atoms with E-state index in [4.69, 9.17) is 16.0 Å². The topological polar surface area (TPSA) is 25.2 Å². The Balaban J connectivity index is 1.65. The molecule has 2 atom stereocenters. The molecule has 130 valence electrons. The van der Waals surface area contributed by atoms with Gasteiger partial charge in [-0.25, -0.2) is 0 Å². The Morgan fingerprint density at radius 1 is 0.960 bits per heavy atom. The Morgan fingerprint density at radius 2 is 1.64 bits per heavy atom. The molecule has 1 heterocycles. The van der Waals surface area contributed by atoms with Crippen LogP contribution in [-0.2, 0) is 0 Å². The van der Waals surface area contributed by atoms with Crippen molar-refractivity contribution >= 4 is 11.6 Å². The minimum atomic E-state index is 0.264. The molecule has 0 amide bonds. The second-order valence-corrected chi connectivity index (χ2v) is 6.93. The minimum Gasteiger partial charge on any atom is -0.469 e. The fourth-order valence-corrected chi connectivity index (χ4v) is 3.20. The third kappa shape index (κ3) is 4.75. The van der Waals surface area contributed by atoms with Gasteiger partial charge in [0.1, 0.15) is 5.76 Å². The molecule has 0 aliphatic heterocycles. The van der Waals surface area contributed by atoms with Crippen LogP contribution < -0.4 is 5.32 Å². The second-order valence-electron chi connectivity index (χ2n) is 6.49. The van der Waals surface area contributed by atoms with Gasteiger partial charge in [-0.15, -0.1) is 0 Å². The van der Waals surface area contributed by atoms with Crippen LogP contribution in [-0.4, -0.2) is 6.54 Å². The summed E-state index contributed by atoms with van der Waals surface area (Å²) < 4.78 is 5.69. The van der Waals surface area contributed by atoms with Crippen molar-refractivity contribution in [2.45, 2.75) is 32.2 Å². The Kier molecular flexibility index (Phi) is 5.95. The van der Waals surface area contributed by atoms with E-state index in [1.54, 1.807) is 6.26 Å². The maximum Gasteiger partial charge on any atom is 0.111 e. The second kappa shape index (κ2) is 8.37. The van der Waals surface area contributed by atoms with Crippen molar-refractivity contribution in [3.05, 3.63) is 94.4 Å². The third-order valence-corrected chi connectivity index (χ3v) is 4.87. The van der Waals surface area contributed by atoms with Crippen LogP contribution in [0.2, 0.25) is 5.02 Å². The molecule has 0 aliphatic carbocycles. The van der Waals surface area contributed by atoms with E-state index in [0.717, 1.165) is 23.7 Å². The van der Waals surface area contributed by atoms with Crippen LogP contribution in [0.15, 0.2) is 71.3 Å². The van der Waals surface area contributed by atoms with Gasteiger partial charge in [-0.3, -0.25) is 0 Å². The van der Waals surface area contributed by atoms with E-state index in [9.17, 15) is 0 Å². The smallest absolute Gasteiger partial charge is 0.111 e. The zero-order valence-electron chi connectivity index (χ0n) is 14.7. The van der Waals surface area contributed by atoms with Crippen molar-refractivity contribution in [3.63, 3.8) is 0 Å². The molecule has 2 nitrogen and oxygen atoms in total. The van der Waals surface area contributed by atoms with E-state index >= 15 is 0 Å². The van der Waals surface area contributed by atoms with E-state index in [2.05, 4.69) is 61.6 Å². The van der Waals surface area contributed by atoms with Crippen molar-refractivity contribution in [2.24, 2.45) is 0 Å². The molecule has 0 aliphatic rings. The number of nitrogens with one attached hydrogen (secondary N) is 1. The summed E-state index contributed by atoms with van der Waals surface area (Å²) in [5.74, 6) is 1.28. The molecule has 0 bridgehead atoms. The Labute approximate surface area is 154 Å². The molecule has 3 rings (SSSR count). The number of hydrogen-bond donors (Lipinski definition) is 1. The van der Waals surface area contributed by atoms with Gasteiger partial charge < -0.3 is 9.73 Å². The molecule has 3 aromatic rings. The summed E-state index contributed by atoms with van der Waals surface area (Å²) in [4.78, 5) is 0. The van der Waals surface area contributed by atoms with Crippen molar-refractivity contribution in [3.8, 4) is 0 Å². The van der Waals surface area contributed by atoms with E-state index in [-0.39, 0.29) is 12.0 Å². The van der Waals surface area contributed by atoms with Crippen LogP contribution in [0.3, 0.4) is 0 Å². The first-order chi connectivity index (χ1) is 12.1. The molecule has 0 spiro atoms. The molecule has 1 aromatic heterocycles. The average molecular weight is 354 g/mol. The lowest BCUT2D eigenvalue weighted by Gasteiger charge is -2.19. The van der Waals surface area contributed by atoms with Crippen LogP contribution in [0.4, 0.5) is 0 Å². The largest absolute Gasteiger partial charge is 0.469 e. The lowest BCUT2D eigenvalue weighted by molar-refractivity contribution is 0.457. The minimum absolute atomic E-state index is 0.264. The van der Waals surface area contributed by atoms with Crippen LogP contribution in [0.1, 0.15) is 47.8 Å². The van der Waals surface area contributed by atoms with E-state index in [1.807, 2.05) is 18.2 Å². The summed E-state index contributed by atoms with van der Waals surface area (Å²) in [7, 11) is 0. The predicted octanol–water partition coefficient (Wildman–Crippen LogP) is 6.11. The maximum atomic E-state index is 5.97. The zero-order chi connectivity index (χ0) is 17.6. The SMILES string of the molecule is Cc1ccc([C@H](CCN[C@H](C)c2ccc(Cl)cc2)c2ccco2)cc1. The van der Waals surface area contributed by atoms with Crippen molar-refractivity contribution in [1.29, 1.82) is 0 Å². The summed E-state index contributed by atoms with van der Waals surface area (Å²) in [5.41, 5.74) is 3.81. The molecule has 0 unspecified atom stereocenters. The maximum absolute atomic E-state index is 5.97. The first-order valence-corrected chi connectivity index (χ1v) is 9.10. The molecular formula is C22H24ClNO. The summed E-state index contributed by atoms with van der Waals surface area (Å²) in [6.45, 7) is 5.20. The Hall–Kier alpha value is -2.03. The number of rotatable bonds is 7. The van der Waals surface area contributed by atoms with Gasteiger partial charge in [0.25, 0.3) is 0 Å². The Morgan fingerprint density at radius 3 is 2.28 bits per heavy atom. The van der Waals surface area contributed by atoms with Gasteiger partial charge in [0.05, 0.1) is 6.26 Å². The highest BCUT2D eigenvalue weighted by molar-refractivity contribution is 6.30. The molecule has 3 heteroatoms. The van der Waals surface area contributed by atoms with E-state index in [0.29, 0.717) is 0 Å². The van der Waals surface area contributed by atoms with Gasteiger partial charge >= 0.3 is 0 Å². The monoisotopic (exact) mass is 353 g/mol. The summed E-state index contributed by atoms with van der Waals surface area (Å²) in [6, 6.07) is 21.1. The first-order valence-electron chi connectivity index (χ1n) is 8.72. The molecule has 0 saturated carbocycles.